The van der Waals surface area contributed by atoms with Crippen LogP contribution in [-0.4, -0.2) is 98.4 Å². The summed E-state index contributed by atoms with van der Waals surface area (Å²) < 4.78 is 7.36. The number of piperidine rings is 1. The van der Waals surface area contributed by atoms with E-state index >= 15 is 0 Å². The summed E-state index contributed by atoms with van der Waals surface area (Å²) in [7, 11) is 1.94. The predicted molar refractivity (Wildman–Crippen MR) is 107 cm³/mol. The minimum atomic E-state index is -1.01. The number of aromatic nitrogens is 2. The smallest absolute Gasteiger partial charge is 0.411 e. The van der Waals surface area contributed by atoms with Crippen LogP contribution in [0.2, 0.25) is 0 Å². The molecule has 0 aromatic carbocycles. The number of amides is 2. The molecule has 2 aliphatic rings. The summed E-state index contributed by atoms with van der Waals surface area (Å²) in [5, 5.41) is 11.1. The number of piperazine rings is 1. The first kappa shape index (κ1) is 21.6. The SMILES string of the molecule is CN1CCN(C(=O)OC(C)(C)C)[C@@H](C(=O)N2CCCC(O)(Cn3ccnc3)C2)C1. The fourth-order valence-corrected chi connectivity index (χ4v) is 4.03. The molecular formula is C20H33N5O4. The second-order valence-electron chi connectivity index (χ2n) is 9.27. The fourth-order valence-electron chi connectivity index (χ4n) is 4.03. The van der Waals surface area contributed by atoms with Crippen molar-refractivity contribution in [2.24, 2.45) is 0 Å². The normalized spacial score (nSPS) is 26.4. The molecule has 9 heteroatoms. The Balaban J connectivity index is 1.72. The summed E-state index contributed by atoms with van der Waals surface area (Å²) in [6, 6.07) is -0.612. The molecule has 1 aromatic heterocycles. The quantitative estimate of drug-likeness (QED) is 0.797. The lowest BCUT2D eigenvalue weighted by atomic mass is 9.92. The first-order valence-electron chi connectivity index (χ1n) is 10.2. The fraction of sp³-hybridized carbons (Fsp3) is 0.750. The van der Waals surface area contributed by atoms with E-state index in [1.54, 1.807) is 23.6 Å². The topological polar surface area (TPSA) is 91.1 Å². The van der Waals surface area contributed by atoms with Crippen LogP contribution < -0.4 is 0 Å². The van der Waals surface area contributed by atoms with Crippen LogP contribution in [-0.2, 0) is 16.1 Å². The standard InChI is InChI=1S/C20H33N5O4/c1-19(2,3)29-18(27)25-11-10-22(4)12-16(25)17(26)24-8-5-6-20(28,14-24)13-23-9-7-21-15-23/h7,9,15-16,28H,5-6,8,10-14H2,1-4H3/t16-,20?/m1/s1. The van der Waals surface area contributed by atoms with E-state index in [0.29, 0.717) is 45.6 Å². The van der Waals surface area contributed by atoms with E-state index in [0.717, 1.165) is 0 Å². The van der Waals surface area contributed by atoms with E-state index in [4.69, 9.17) is 4.74 Å². The molecule has 1 N–H and O–H groups in total. The summed E-state index contributed by atoms with van der Waals surface area (Å²) in [5.74, 6) is -0.133. The van der Waals surface area contributed by atoms with Crippen LogP contribution in [0, 0.1) is 0 Å². The number of nitrogens with zero attached hydrogens (tertiary/aromatic N) is 5. The molecule has 3 heterocycles. The van der Waals surface area contributed by atoms with Gasteiger partial charge in [-0.15, -0.1) is 0 Å². The van der Waals surface area contributed by atoms with Crippen molar-refractivity contribution in [3.63, 3.8) is 0 Å². The molecule has 162 valence electrons. The summed E-state index contributed by atoms with van der Waals surface area (Å²) in [4.78, 5) is 35.4. The summed E-state index contributed by atoms with van der Waals surface area (Å²) >= 11 is 0. The van der Waals surface area contributed by atoms with Gasteiger partial charge in [-0.25, -0.2) is 9.78 Å². The molecule has 3 rings (SSSR count). The first-order chi connectivity index (χ1) is 13.6. The van der Waals surface area contributed by atoms with Gasteiger partial charge in [0.2, 0.25) is 5.91 Å². The summed E-state index contributed by atoms with van der Waals surface area (Å²) in [6.07, 6.45) is 6.01. The highest BCUT2D eigenvalue weighted by molar-refractivity contribution is 5.86. The molecule has 2 atom stereocenters. The van der Waals surface area contributed by atoms with Gasteiger partial charge in [-0.2, -0.15) is 0 Å². The Labute approximate surface area is 172 Å². The number of likely N-dealkylation sites (tertiary alicyclic amines) is 1. The monoisotopic (exact) mass is 407 g/mol. The number of carbonyl (C=O) groups excluding carboxylic acids is 2. The minimum Gasteiger partial charge on any atom is -0.444 e. The van der Waals surface area contributed by atoms with Crippen molar-refractivity contribution in [3.8, 4) is 0 Å². The highest BCUT2D eigenvalue weighted by atomic mass is 16.6. The van der Waals surface area contributed by atoms with E-state index in [-0.39, 0.29) is 12.5 Å². The molecule has 29 heavy (non-hydrogen) atoms. The molecule has 0 saturated carbocycles. The predicted octanol–water partition coefficient (Wildman–Crippen LogP) is 0.788. The number of β-amino-alcohol motifs (C(OH)–C–C–N with tert-alkyl or cyclic N) is 1. The number of likely N-dealkylation sites (N-methyl/N-ethyl adjacent to an activating group) is 1. The van der Waals surface area contributed by atoms with Gasteiger partial charge in [0.15, 0.2) is 0 Å². The van der Waals surface area contributed by atoms with Crippen molar-refractivity contribution >= 4 is 12.0 Å². The van der Waals surface area contributed by atoms with Gasteiger partial charge in [0.25, 0.3) is 0 Å². The lowest BCUT2D eigenvalue weighted by Gasteiger charge is -2.44. The zero-order valence-electron chi connectivity index (χ0n) is 17.9. The number of hydrogen-bond acceptors (Lipinski definition) is 6. The van der Waals surface area contributed by atoms with Crippen LogP contribution in [0.3, 0.4) is 0 Å². The Morgan fingerprint density at radius 2 is 2.03 bits per heavy atom. The van der Waals surface area contributed by atoms with Crippen molar-refractivity contribution in [1.29, 1.82) is 0 Å². The van der Waals surface area contributed by atoms with Crippen LogP contribution in [0.1, 0.15) is 33.6 Å². The van der Waals surface area contributed by atoms with Crippen LogP contribution in [0.25, 0.3) is 0 Å². The highest BCUT2D eigenvalue weighted by Gasteiger charge is 2.42. The highest BCUT2D eigenvalue weighted by Crippen LogP contribution is 2.25. The number of hydrogen-bond donors (Lipinski definition) is 1. The Morgan fingerprint density at radius 1 is 1.28 bits per heavy atom. The second kappa shape index (κ2) is 8.31. The molecule has 0 radical (unpaired) electrons. The maximum absolute atomic E-state index is 13.4. The minimum absolute atomic E-state index is 0.133. The largest absolute Gasteiger partial charge is 0.444 e. The van der Waals surface area contributed by atoms with Gasteiger partial charge in [-0.3, -0.25) is 9.69 Å². The number of aliphatic hydroxyl groups is 1. The third kappa shape index (κ3) is 5.48. The average Bonchev–Trinajstić information content (AvgIpc) is 3.11. The number of carbonyl (C=O) groups is 2. The first-order valence-corrected chi connectivity index (χ1v) is 10.2. The zero-order chi connectivity index (χ0) is 21.2. The molecule has 9 nitrogen and oxygen atoms in total. The molecule has 1 aromatic rings. The van der Waals surface area contributed by atoms with Gasteiger partial charge >= 0.3 is 6.09 Å². The number of rotatable bonds is 3. The van der Waals surface area contributed by atoms with E-state index in [9.17, 15) is 14.7 Å². The van der Waals surface area contributed by atoms with Gasteiger partial charge in [0.05, 0.1) is 19.4 Å². The van der Waals surface area contributed by atoms with Crippen molar-refractivity contribution in [2.45, 2.75) is 57.4 Å². The zero-order valence-corrected chi connectivity index (χ0v) is 17.9. The van der Waals surface area contributed by atoms with Crippen molar-refractivity contribution < 1.29 is 19.4 Å². The molecule has 0 spiro atoms. The average molecular weight is 408 g/mol. The van der Waals surface area contributed by atoms with Gasteiger partial charge in [0.1, 0.15) is 17.2 Å². The third-order valence-electron chi connectivity index (χ3n) is 5.40. The Morgan fingerprint density at radius 3 is 2.69 bits per heavy atom. The third-order valence-corrected chi connectivity index (χ3v) is 5.40. The van der Waals surface area contributed by atoms with E-state index < -0.39 is 23.3 Å². The Hall–Kier alpha value is -2.13. The lowest BCUT2D eigenvalue weighted by molar-refractivity contribution is -0.146. The van der Waals surface area contributed by atoms with Crippen LogP contribution in [0.5, 0.6) is 0 Å². The van der Waals surface area contributed by atoms with Crippen molar-refractivity contribution in [2.75, 3.05) is 39.8 Å². The van der Waals surface area contributed by atoms with Gasteiger partial charge in [-0.05, 0) is 40.7 Å². The molecule has 0 aliphatic carbocycles. The Bertz CT molecular complexity index is 717. The number of ether oxygens (including phenoxy) is 1. The molecule has 2 aliphatic heterocycles. The van der Waals surface area contributed by atoms with Crippen molar-refractivity contribution in [3.05, 3.63) is 18.7 Å². The van der Waals surface area contributed by atoms with E-state index in [1.807, 2.05) is 37.3 Å². The summed E-state index contributed by atoms with van der Waals surface area (Å²) in [5.41, 5.74) is -1.63. The van der Waals surface area contributed by atoms with Crippen LogP contribution in [0.15, 0.2) is 18.7 Å². The molecule has 2 amide bonds. The van der Waals surface area contributed by atoms with E-state index in [2.05, 4.69) is 4.98 Å². The number of imidazole rings is 1. The summed E-state index contributed by atoms with van der Waals surface area (Å²) in [6.45, 7) is 8.24. The Kier molecular flexibility index (Phi) is 6.19. The second-order valence-corrected chi connectivity index (χ2v) is 9.27. The maximum Gasteiger partial charge on any atom is 0.411 e. The maximum atomic E-state index is 13.4. The van der Waals surface area contributed by atoms with Gasteiger partial charge < -0.3 is 24.2 Å². The molecule has 2 fully saturated rings. The van der Waals surface area contributed by atoms with Gasteiger partial charge in [-0.1, -0.05) is 0 Å². The lowest BCUT2D eigenvalue weighted by Crippen LogP contribution is -2.63. The van der Waals surface area contributed by atoms with E-state index in [1.165, 1.54) is 4.90 Å². The molecule has 2 saturated heterocycles. The van der Waals surface area contributed by atoms with Gasteiger partial charge in [0, 0.05) is 38.6 Å². The van der Waals surface area contributed by atoms with Crippen LogP contribution >= 0.6 is 0 Å². The molecule has 1 unspecified atom stereocenters. The molecule has 0 bridgehead atoms. The molecular weight excluding hydrogens is 374 g/mol. The van der Waals surface area contributed by atoms with Crippen LogP contribution in [0.4, 0.5) is 4.79 Å². The van der Waals surface area contributed by atoms with Crippen molar-refractivity contribution in [1.82, 2.24) is 24.3 Å².